The van der Waals surface area contributed by atoms with Gasteiger partial charge in [0.1, 0.15) is 29.8 Å². The normalized spacial score (nSPS) is 10.8. The average molecular weight is 543 g/mol. The smallest absolute Gasteiger partial charge is 0.271 e. The number of rotatable bonds is 7. The molecule has 0 unspecified atom stereocenters. The summed E-state index contributed by atoms with van der Waals surface area (Å²) in [4.78, 5) is 22.7. The summed E-state index contributed by atoms with van der Waals surface area (Å²) < 4.78 is 20.1. The van der Waals surface area contributed by atoms with E-state index in [1.54, 1.807) is 36.4 Å². The highest BCUT2D eigenvalue weighted by Gasteiger charge is 2.13. The molecule has 0 radical (unpaired) electrons. The van der Waals surface area contributed by atoms with Gasteiger partial charge in [0, 0.05) is 23.4 Å². The predicted octanol–water partition coefficient (Wildman–Crippen LogP) is 5.46. The van der Waals surface area contributed by atoms with Crippen molar-refractivity contribution in [2.75, 3.05) is 5.32 Å². The van der Waals surface area contributed by atoms with Gasteiger partial charge in [0.2, 0.25) is 0 Å². The summed E-state index contributed by atoms with van der Waals surface area (Å²) in [7, 11) is 0. The maximum Gasteiger partial charge on any atom is 0.271 e. The number of nitro groups is 1. The number of benzene rings is 3. The fourth-order valence-corrected chi connectivity index (χ4v) is 3.40. The van der Waals surface area contributed by atoms with Crippen LogP contribution in [0.5, 0.6) is 5.75 Å². The Balaban J connectivity index is 1.73. The van der Waals surface area contributed by atoms with Crippen molar-refractivity contribution in [2.24, 2.45) is 0 Å². The van der Waals surface area contributed by atoms with E-state index in [2.05, 4.69) is 5.32 Å². The molecule has 3 aromatic rings. The van der Waals surface area contributed by atoms with E-state index < -0.39 is 10.8 Å². The Morgan fingerprint density at radius 2 is 1.97 bits per heavy atom. The molecule has 1 amide bonds. The largest absolute Gasteiger partial charge is 0.488 e. The lowest BCUT2D eigenvalue weighted by molar-refractivity contribution is -0.384. The molecule has 9 heteroatoms. The molecule has 3 aromatic carbocycles. The van der Waals surface area contributed by atoms with E-state index in [1.165, 1.54) is 36.4 Å². The summed E-state index contributed by atoms with van der Waals surface area (Å²) in [5.41, 5.74) is 0.866. The second-order valence-electron chi connectivity index (χ2n) is 6.50. The number of ether oxygens (including phenoxy) is 1. The van der Waals surface area contributed by atoms with E-state index in [1.807, 2.05) is 28.7 Å². The molecule has 3 rings (SSSR count). The lowest BCUT2D eigenvalue weighted by Crippen LogP contribution is -2.13. The third kappa shape index (κ3) is 5.89. The molecule has 0 atom stereocenters. The first kappa shape index (κ1) is 22.9. The molecule has 0 heterocycles. The Morgan fingerprint density at radius 3 is 2.66 bits per heavy atom. The number of amides is 1. The van der Waals surface area contributed by atoms with Crippen LogP contribution in [0.25, 0.3) is 6.08 Å². The number of nitriles is 1. The summed E-state index contributed by atoms with van der Waals surface area (Å²) >= 11 is 2.05. The van der Waals surface area contributed by atoms with Gasteiger partial charge in [0.05, 0.1) is 8.49 Å². The number of anilines is 1. The molecule has 0 aliphatic rings. The number of carbonyl (C=O) groups excluding carboxylic acids is 1. The number of non-ortho nitro benzene ring substituents is 1. The fourth-order valence-electron chi connectivity index (χ4n) is 2.71. The van der Waals surface area contributed by atoms with Gasteiger partial charge in [-0.3, -0.25) is 14.9 Å². The lowest BCUT2D eigenvalue weighted by Gasteiger charge is -2.10. The molecule has 0 saturated carbocycles. The van der Waals surface area contributed by atoms with E-state index in [9.17, 15) is 24.6 Å². The summed E-state index contributed by atoms with van der Waals surface area (Å²) in [6, 6.07) is 18.6. The van der Waals surface area contributed by atoms with Crippen LogP contribution in [0.4, 0.5) is 15.8 Å². The molecular weight excluding hydrogens is 528 g/mol. The first-order valence-electron chi connectivity index (χ1n) is 9.20. The quantitative estimate of drug-likeness (QED) is 0.140. The third-order valence-corrected chi connectivity index (χ3v) is 5.13. The van der Waals surface area contributed by atoms with Crippen molar-refractivity contribution in [1.29, 1.82) is 5.26 Å². The van der Waals surface area contributed by atoms with Crippen LogP contribution in [0.15, 0.2) is 72.3 Å². The molecule has 160 valence electrons. The number of nitrogens with zero attached hydrogens (tertiary/aromatic N) is 2. The van der Waals surface area contributed by atoms with Crippen LogP contribution in [0, 0.1) is 30.8 Å². The number of nitro benzene ring substituents is 1. The molecule has 0 saturated heterocycles. The van der Waals surface area contributed by atoms with E-state index in [-0.39, 0.29) is 29.4 Å². The number of nitrogens with one attached hydrogen (secondary N) is 1. The van der Waals surface area contributed by atoms with Crippen LogP contribution in [0.1, 0.15) is 11.1 Å². The maximum atomic E-state index is 13.7. The maximum absolute atomic E-state index is 13.7. The Kier molecular flexibility index (Phi) is 7.51. The molecule has 0 aliphatic carbocycles. The molecule has 7 nitrogen and oxygen atoms in total. The van der Waals surface area contributed by atoms with Crippen molar-refractivity contribution in [3.05, 3.63) is 103 Å². The zero-order valence-corrected chi connectivity index (χ0v) is 18.6. The Bertz CT molecular complexity index is 1250. The van der Waals surface area contributed by atoms with Crippen molar-refractivity contribution in [1.82, 2.24) is 0 Å². The monoisotopic (exact) mass is 543 g/mol. The molecule has 0 spiro atoms. The highest BCUT2D eigenvalue weighted by molar-refractivity contribution is 14.1. The highest BCUT2D eigenvalue weighted by Crippen LogP contribution is 2.25. The van der Waals surface area contributed by atoms with Gasteiger partial charge in [-0.15, -0.1) is 0 Å². The number of carbonyl (C=O) groups is 1. The number of halogens is 2. The topological polar surface area (TPSA) is 105 Å². The summed E-state index contributed by atoms with van der Waals surface area (Å²) in [5.74, 6) is -0.510. The van der Waals surface area contributed by atoms with Crippen LogP contribution < -0.4 is 10.1 Å². The minimum Gasteiger partial charge on any atom is -0.488 e. The van der Waals surface area contributed by atoms with Gasteiger partial charge in [-0.25, -0.2) is 4.39 Å². The van der Waals surface area contributed by atoms with Gasteiger partial charge >= 0.3 is 0 Å². The Morgan fingerprint density at radius 1 is 1.19 bits per heavy atom. The molecule has 0 fully saturated rings. The number of hydrogen-bond donors (Lipinski definition) is 1. The van der Waals surface area contributed by atoms with Crippen LogP contribution in [0.2, 0.25) is 0 Å². The molecular formula is C23H15FIN3O4. The zero-order valence-electron chi connectivity index (χ0n) is 16.4. The van der Waals surface area contributed by atoms with Crippen molar-refractivity contribution in [2.45, 2.75) is 6.61 Å². The molecule has 32 heavy (non-hydrogen) atoms. The Hall–Kier alpha value is -3.78. The van der Waals surface area contributed by atoms with Crippen LogP contribution >= 0.6 is 22.6 Å². The fraction of sp³-hybridized carbons (Fsp3) is 0.0435. The zero-order chi connectivity index (χ0) is 23.1. The minimum atomic E-state index is -0.692. The second-order valence-corrected chi connectivity index (χ2v) is 7.66. The van der Waals surface area contributed by atoms with Crippen LogP contribution in [0.3, 0.4) is 0 Å². The SMILES string of the molecule is N#C/C(=C\c1ccc(OCc2ccccc2F)c(I)c1)C(=O)Nc1cccc([N+](=O)[O-])c1. The van der Waals surface area contributed by atoms with E-state index in [0.717, 1.165) is 0 Å². The summed E-state index contributed by atoms with van der Waals surface area (Å²) in [6.45, 7) is 0.0624. The van der Waals surface area contributed by atoms with Crippen molar-refractivity contribution in [3.8, 4) is 11.8 Å². The Labute approximate surface area is 196 Å². The molecule has 1 N–H and O–H groups in total. The third-order valence-electron chi connectivity index (χ3n) is 4.29. The molecule has 0 aromatic heterocycles. The standard InChI is InChI=1S/C23H15FIN3O4/c24-20-7-2-1-4-16(20)14-32-22-9-8-15(11-21(22)25)10-17(13-26)23(29)27-18-5-3-6-19(12-18)28(30)31/h1-12H,14H2,(H,27,29)/b17-10+. The van der Waals surface area contributed by atoms with Crippen molar-refractivity contribution >= 4 is 45.9 Å². The van der Waals surface area contributed by atoms with E-state index in [4.69, 9.17) is 4.74 Å². The highest BCUT2D eigenvalue weighted by atomic mass is 127. The molecule has 0 bridgehead atoms. The van der Waals surface area contributed by atoms with Gasteiger partial charge in [0.15, 0.2) is 0 Å². The van der Waals surface area contributed by atoms with E-state index >= 15 is 0 Å². The van der Waals surface area contributed by atoms with Crippen LogP contribution in [-0.4, -0.2) is 10.8 Å². The van der Waals surface area contributed by atoms with Gasteiger partial charge in [-0.1, -0.05) is 30.3 Å². The van der Waals surface area contributed by atoms with Crippen molar-refractivity contribution < 1.29 is 18.8 Å². The number of hydrogen-bond acceptors (Lipinski definition) is 5. The van der Waals surface area contributed by atoms with E-state index in [0.29, 0.717) is 20.4 Å². The van der Waals surface area contributed by atoms with Gasteiger partial charge in [-0.2, -0.15) is 5.26 Å². The molecule has 0 aliphatic heterocycles. The average Bonchev–Trinajstić information content (AvgIpc) is 2.78. The first-order chi connectivity index (χ1) is 15.4. The summed E-state index contributed by atoms with van der Waals surface area (Å²) in [5, 5.41) is 22.7. The lowest BCUT2D eigenvalue weighted by atomic mass is 10.1. The van der Waals surface area contributed by atoms with Gasteiger partial charge in [0.25, 0.3) is 11.6 Å². The minimum absolute atomic E-state index is 0.0624. The van der Waals surface area contributed by atoms with Crippen LogP contribution in [-0.2, 0) is 11.4 Å². The van der Waals surface area contributed by atoms with Gasteiger partial charge in [-0.05, 0) is 58.5 Å². The summed E-state index contributed by atoms with van der Waals surface area (Å²) in [6.07, 6.45) is 1.40. The predicted molar refractivity (Wildman–Crippen MR) is 125 cm³/mol. The second kappa shape index (κ2) is 10.5. The van der Waals surface area contributed by atoms with Gasteiger partial charge < -0.3 is 10.1 Å². The van der Waals surface area contributed by atoms with Crippen molar-refractivity contribution in [3.63, 3.8) is 0 Å². The first-order valence-corrected chi connectivity index (χ1v) is 10.3.